The van der Waals surface area contributed by atoms with Crippen LogP contribution in [0.4, 0.5) is 4.79 Å². The number of benzene rings is 1. The molecule has 1 aliphatic rings. The van der Waals surface area contributed by atoms with E-state index in [2.05, 4.69) is 16.7 Å². The minimum absolute atomic E-state index is 0.112. The highest BCUT2D eigenvalue weighted by atomic mass is 31.2. The smallest absolute Gasteiger partial charge is 0.410 e. The summed E-state index contributed by atoms with van der Waals surface area (Å²) < 4.78 is 34.5. The van der Waals surface area contributed by atoms with Crippen LogP contribution in [0.15, 0.2) is 33.5 Å². The van der Waals surface area contributed by atoms with Crippen LogP contribution in [-0.2, 0) is 18.3 Å². The van der Waals surface area contributed by atoms with Crippen molar-refractivity contribution in [1.82, 2.24) is 9.80 Å². The Balaban J connectivity index is 1.68. The number of nitrogens with zero attached hydrogens (tertiary/aromatic N) is 2. The van der Waals surface area contributed by atoms with Crippen LogP contribution >= 0.6 is 7.60 Å². The van der Waals surface area contributed by atoms with Crippen molar-refractivity contribution in [3.63, 3.8) is 0 Å². The normalized spacial score (nSPS) is 15.3. The van der Waals surface area contributed by atoms with Crippen LogP contribution in [0.5, 0.6) is 0 Å². The summed E-state index contributed by atoms with van der Waals surface area (Å²) in [5, 5.41) is 0.489. The first-order valence-corrected chi connectivity index (χ1v) is 13.8. The molecule has 1 aliphatic heterocycles. The SMILES string of the molecule is CCOP(=O)(OCC)c1cc2ccc(C#CCN3CCCN(C(=O)OC(C)(C)C)CC3)cc2oc1=O. The second-order valence-corrected chi connectivity index (χ2v) is 11.4. The lowest BCUT2D eigenvalue weighted by atomic mass is 10.1. The average Bonchev–Trinajstić information content (AvgIpc) is 3.03. The van der Waals surface area contributed by atoms with E-state index in [1.54, 1.807) is 30.9 Å². The van der Waals surface area contributed by atoms with Crippen molar-refractivity contribution in [2.24, 2.45) is 0 Å². The van der Waals surface area contributed by atoms with Gasteiger partial charge in [-0.15, -0.1) is 0 Å². The van der Waals surface area contributed by atoms with Gasteiger partial charge in [-0.1, -0.05) is 11.8 Å². The number of hydrogen-bond acceptors (Lipinski definition) is 8. The quantitative estimate of drug-likeness (QED) is 0.322. The zero-order valence-corrected chi connectivity index (χ0v) is 22.6. The predicted molar refractivity (Wildman–Crippen MR) is 139 cm³/mol. The van der Waals surface area contributed by atoms with Crippen LogP contribution in [-0.4, -0.2) is 67.4 Å². The molecule has 0 aliphatic carbocycles. The van der Waals surface area contributed by atoms with E-state index < -0.39 is 18.8 Å². The fraction of sp³-hybridized carbons (Fsp3) is 0.538. The van der Waals surface area contributed by atoms with E-state index in [1.165, 1.54) is 6.07 Å². The minimum atomic E-state index is -3.76. The summed E-state index contributed by atoms with van der Waals surface area (Å²) in [4.78, 5) is 28.8. The fourth-order valence-electron chi connectivity index (χ4n) is 3.78. The van der Waals surface area contributed by atoms with Crippen molar-refractivity contribution >= 4 is 30.0 Å². The summed E-state index contributed by atoms with van der Waals surface area (Å²) in [6.07, 6.45) is 0.563. The van der Waals surface area contributed by atoms with E-state index in [1.807, 2.05) is 26.8 Å². The standard InChI is InChI=1S/C26H35N2O7P/c1-6-32-36(31,33-7-2)23-19-21-12-11-20(18-22(21)34-24(23)29)10-8-13-27-14-9-15-28(17-16-27)25(30)35-26(3,4)5/h11-12,18-19H,6-7,9,13-17H2,1-5H3. The fourth-order valence-corrected chi connectivity index (χ4v) is 5.38. The molecule has 2 aromatic rings. The summed E-state index contributed by atoms with van der Waals surface area (Å²) in [6, 6.07) is 6.77. The Kier molecular flexibility index (Phi) is 9.37. The topological polar surface area (TPSA) is 98.5 Å². The molecule has 1 fully saturated rings. The van der Waals surface area contributed by atoms with Gasteiger partial charge in [0.15, 0.2) is 5.30 Å². The first kappa shape index (κ1) is 27.9. The second-order valence-electron chi connectivity index (χ2n) is 9.40. The average molecular weight is 519 g/mol. The maximum Gasteiger partial charge on any atom is 0.410 e. The number of amides is 1. The lowest BCUT2D eigenvalue weighted by molar-refractivity contribution is 0.0258. The molecule has 10 heteroatoms. The zero-order valence-electron chi connectivity index (χ0n) is 21.7. The number of hydrogen-bond donors (Lipinski definition) is 0. The molecule has 1 aromatic carbocycles. The molecule has 0 bridgehead atoms. The van der Waals surface area contributed by atoms with Crippen molar-refractivity contribution < 1.29 is 27.6 Å². The van der Waals surface area contributed by atoms with E-state index in [9.17, 15) is 14.2 Å². The van der Waals surface area contributed by atoms with E-state index in [4.69, 9.17) is 18.2 Å². The molecule has 36 heavy (non-hydrogen) atoms. The molecule has 0 radical (unpaired) electrons. The maximum atomic E-state index is 13.0. The number of ether oxygens (including phenoxy) is 1. The van der Waals surface area contributed by atoms with Crippen LogP contribution in [0.3, 0.4) is 0 Å². The van der Waals surface area contributed by atoms with E-state index in [0.29, 0.717) is 42.7 Å². The summed E-state index contributed by atoms with van der Waals surface area (Å²) in [5.41, 5.74) is -0.224. The molecular weight excluding hydrogens is 483 g/mol. The first-order valence-electron chi connectivity index (χ1n) is 12.2. The van der Waals surface area contributed by atoms with Crippen LogP contribution < -0.4 is 10.9 Å². The number of carbonyl (C=O) groups excluding carboxylic acids is 1. The molecule has 3 rings (SSSR count). The largest absolute Gasteiger partial charge is 0.444 e. The van der Waals surface area contributed by atoms with Crippen LogP contribution in [0, 0.1) is 11.8 Å². The molecule has 9 nitrogen and oxygen atoms in total. The van der Waals surface area contributed by atoms with Crippen LogP contribution in [0.2, 0.25) is 0 Å². The number of carbonyl (C=O) groups is 1. The van der Waals surface area contributed by atoms with Gasteiger partial charge in [-0.2, -0.15) is 0 Å². The third-order valence-electron chi connectivity index (χ3n) is 5.39. The predicted octanol–water partition coefficient (Wildman–Crippen LogP) is 3.98. The molecule has 0 spiro atoms. The summed E-state index contributed by atoms with van der Waals surface area (Å²) in [7, 11) is -3.76. The van der Waals surface area contributed by atoms with Gasteiger partial charge in [0, 0.05) is 37.1 Å². The first-order chi connectivity index (χ1) is 17.0. The van der Waals surface area contributed by atoms with Gasteiger partial charge in [0.25, 0.3) is 0 Å². The van der Waals surface area contributed by atoms with Gasteiger partial charge in [-0.3, -0.25) is 9.46 Å². The number of fused-ring (bicyclic) bond motifs is 1. The lowest BCUT2D eigenvalue weighted by Gasteiger charge is -2.26. The van der Waals surface area contributed by atoms with Gasteiger partial charge < -0.3 is 23.1 Å². The second kappa shape index (κ2) is 12.1. The lowest BCUT2D eigenvalue weighted by Crippen LogP contribution is -2.39. The molecule has 0 atom stereocenters. The molecular formula is C26H35N2O7P. The highest BCUT2D eigenvalue weighted by molar-refractivity contribution is 7.62. The summed E-state index contributed by atoms with van der Waals surface area (Å²) >= 11 is 0. The molecule has 0 saturated carbocycles. The van der Waals surface area contributed by atoms with Gasteiger partial charge in [0.05, 0.1) is 19.8 Å². The van der Waals surface area contributed by atoms with Gasteiger partial charge in [-0.25, -0.2) is 9.59 Å². The maximum absolute atomic E-state index is 13.0. The van der Waals surface area contributed by atoms with Gasteiger partial charge >= 0.3 is 19.3 Å². The van der Waals surface area contributed by atoms with Crippen molar-refractivity contribution in [3.8, 4) is 11.8 Å². The van der Waals surface area contributed by atoms with E-state index in [-0.39, 0.29) is 24.6 Å². The Morgan fingerprint density at radius 2 is 1.81 bits per heavy atom. The molecule has 0 unspecified atom stereocenters. The Morgan fingerprint density at radius 3 is 2.47 bits per heavy atom. The van der Waals surface area contributed by atoms with Crippen molar-refractivity contribution in [2.75, 3.05) is 45.9 Å². The molecule has 1 aromatic heterocycles. The third kappa shape index (κ3) is 7.44. The molecule has 2 heterocycles. The van der Waals surface area contributed by atoms with Crippen molar-refractivity contribution in [1.29, 1.82) is 0 Å². The van der Waals surface area contributed by atoms with Gasteiger partial charge in [0.1, 0.15) is 11.2 Å². The van der Waals surface area contributed by atoms with Crippen molar-refractivity contribution in [2.45, 2.75) is 46.6 Å². The Labute approximate surface area is 212 Å². The summed E-state index contributed by atoms with van der Waals surface area (Å²) in [5.74, 6) is 6.28. The molecule has 196 valence electrons. The third-order valence-corrected chi connectivity index (χ3v) is 7.48. The monoisotopic (exact) mass is 518 g/mol. The van der Waals surface area contributed by atoms with Crippen molar-refractivity contribution in [3.05, 3.63) is 40.2 Å². The highest BCUT2D eigenvalue weighted by Crippen LogP contribution is 2.46. The zero-order chi connectivity index (χ0) is 26.3. The van der Waals surface area contributed by atoms with Gasteiger partial charge in [-0.05, 0) is 65.3 Å². The van der Waals surface area contributed by atoms with Crippen LogP contribution in [0.25, 0.3) is 11.0 Å². The van der Waals surface area contributed by atoms with Crippen LogP contribution in [0.1, 0.15) is 46.6 Å². The van der Waals surface area contributed by atoms with E-state index in [0.717, 1.165) is 13.0 Å². The molecule has 0 N–H and O–H groups in total. The Morgan fingerprint density at radius 1 is 1.08 bits per heavy atom. The minimum Gasteiger partial charge on any atom is -0.444 e. The summed E-state index contributed by atoms with van der Waals surface area (Å²) in [6.45, 7) is 12.6. The number of rotatable bonds is 6. The molecule has 1 saturated heterocycles. The van der Waals surface area contributed by atoms with Gasteiger partial charge in [0.2, 0.25) is 0 Å². The van der Waals surface area contributed by atoms with E-state index >= 15 is 0 Å². The highest BCUT2D eigenvalue weighted by Gasteiger charge is 2.31. The Bertz CT molecular complexity index is 1230. The molecule has 1 amide bonds. The Hall–Kier alpha value is -2.63.